The molecule has 0 fully saturated rings. The summed E-state index contributed by atoms with van der Waals surface area (Å²) in [4.78, 5) is 13.8. The van der Waals surface area contributed by atoms with E-state index in [1.165, 1.54) is 16.2 Å². The lowest BCUT2D eigenvalue weighted by Crippen LogP contribution is -2.13. The summed E-state index contributed by atoms with van der Waals surface area (Å²) >= 11 is 1.45. The van der Waals surface area contributed by atoms with E-state index in [4.69, 9.17) is 4.74 Å². The number of nitrogens with one attached hydrogen (secondary N) is 1. The van der Waals surface area contributed by atoms with Crippen molar-refractivity contribution in [2.45, 2.75) is 39.0 Å². The fourth-order valence-corrected chi connectivity index (χ4v) is 4.37. The first-order valence-electron chi connectivity index (χ1n) is 9.37. The predicted octanol–water partition coefficient (Wildman–Crippen LogP) is 4.83. The quantitative estimate of drug-likeness (QED) is 0.564. The Morgan fingerprint density at radius 2 is 2.00 bits per heavy atom. The lowest BCUT2D eigenvalue weighted by Gasteiger charge is -2.09. The van der Waals surface area contributed by atoms with Crippen LogP contribution in [0.2, 0.25) is 0 Å². The molecule has 1 amide bonds. The number of rotatable bonds is 6. The van der Waals surface area contributed by atoms with Gasteiger partial charge in [-0.25, -0.2) is 0 Å². The van der Waals surface area contributed by atoms with Gasteiger partial charge >= 0.3 is 0 Å². The minimum atomic E-state index is -0.496. The Hall–Kier alpha value is -3.09. The predicted molar refractivity (Wildman–Crippen MR) is 110 cm³/mol. The second kappa shape index (κ2) is 9.21. The van der Waals surface area contributed by atoms with Crippen LogP contribution in [0.3, 0.4) is 0 Å². The largest absolute Gasteiger partial charge is 0.494 e. The highest BCUT2D eigenvalue weighted by molar-refractivity contribution is 7.16. The van der Waals surface area contributed by atoms with Crippen molar-refractivity contribution in [2.75, 3.05) is 11.9 Å². The van der Waals surface area contributed by atoms with Crippen LogP contribution in [0.4, 0.5) is 5.00 Å². The number of nitriles is 2. The summed E-state index contributed by atoms with van der Waals surface area (Å²) in [5.41, 5.74) is 2.33. The highest BCUT2D eigenvalue weighted by atomic mass is 32.1. The van der Waals surface area contributed by atoms with Gasteiger partial charge < -0.3 is 10.1 Å². The molecule has 6 heteroatoms. The maximum atomic E-state index is 12.6. The van der Waals surface area contributed by atoms with Gasteiger partial charge in [0.25, 0.3) is 5.91 Å². The van der Waals surface area contributed by atoms with Gasteiger partial charge in [-0.15, -0.1) is 11.3 Å². The average Bonchev–Trinajstić information content (AvgIpc) is 3.08. The van der Waals surface area contributed by atoms with E-state index in [0.717, 1.165) is 49.0 Å². The zero-order valence-electron chi connectivity index (χ0n) is 15.7. The third-order valence-electron chi connectivity index (χ3n) is 4.54. The highest BCUT2D eigenvalue weighted by Crippen LogP contribution is 2.37. The van der Waals surface area contributed by atoms with Crippen LogP contribution in [0.25, 0.3) is 6.08 Å². The van der Waals surface area contributed by atoms with Crippen LogP contribution in [-0.4, -0.2) is 12.5 Å². The van der Waals surface area contributed by atoms with Gasteiger partial charge in [0.05, 0.1) is 12.2 Å². The van der Waals surface area contributed by atoms with Crippen molar-refractivity contribution in [3.63, 3.8) is 0 Å². The fourth-order valence-electron chi connectivity index (χ4n) is 3.14. The molecule has 5 nitrogen and oxygen atoms in total. The Morgan fingerprint density at radius 1 is 1.25 bits per heavy atom. The summed E-state index contributed by atoms with van der Waals surface area (Å²) < 4.78 is 5.54. The summed E-state index contributed by atoms with van der Waals surface area (Å²) in [6.07, 6.45) is 6.45. The number of thiophene rings is 1. The summed E-state index contributed by atoms with van der Waals surface area (Å²) in [6, 6.07) is 11.4. The van der Waals surface area contributed by atoms with E-state index in [0.29, 0.717) is 17.2 Å². The number of carbonyl (C=O) groups excluding carboxylic acids is 1. The van der Waals surface area contributed by atoms with E-state index in [1.807, 2.05) is 25.1 Å². The number of anilines is 1. The maximum absolute atomic E-state index is 12.6. The monoisotopic (exact) mass is 391 g/mol. The van der Waals surface area contributed by atoms with Gasteiger partial charge in [0.15, 0.2) is 0 Å². The normalized spacial score (nSPS) is 13.2. The lowest BCUT2D eigenvalue weighted by molar-refractivity contribution is -0.112. The number of hydrogen-bond acceptors (Lipinski definition) is 5. The summed E-state index contributed by atoms with van der Waals surface area (Å²) in [6.45, 7) is 2.68. The molecule has 0 saturated heterocycles. The van der Waals surface area contributed by atoms with Gasteiger partial charge in [0.2, 0.25) is 0 Å². The zero-order chi connectivity index (χ0) is 19.9. The van der Waals surface area contributed by atoms with E-state index in [9.17, 15) is 15.3 Å². The molecule has 2 aromatic rings. The molecule has 142 valence electrons. The molecule has 0 aliphatic heterocycles. The van der Waals surface area contributed by atoms with Crippen LogP contribution in [0.5, 0.6) is 5.75 Å². The van der Waals surface area contributed by atoms with E-state index in [2.05, 4.69) is 11.4 Å². The number of carbonyl (C=O) groups is 1. The molecule has 0 unspecified atom stereocenters. The topological polar surface area (TPSA) is 85.9 Å². The number of aryl methyl sites for hydroxylation is 1. The first-order valence-corrected chi connectivity index (χ1v) is 10.2. The molecule has 0 radical (unpaired) electrons. The van der Waals surface area contributed by atoms with Crippen molar-refractivity contribution >= 4 is 28.3 Å². The Labute approximate surface area is 168 Å². The minimum absolute atomic E-state index is 0.00233. The van der Waals surface area contributed by atoms with Crippen molar-refractivity contribution < 1.29 is 9.53 Å². The average molecular weight is 391 g/mol. The van der Waals surface area contributed by atoms with E-state index in [-0.39, 0.29) is 5.57 Å². The van der Waals surface area contributed by atoms with Crippen LogP contribution >= 0.6 is 11.3 Å². The van der Waals surface area contributed by atoms with Crippen molar-refractivity contribution in [3.05, 3.63) is 51.4 Å². The molecule has 0 spiro atoms. The van der Waals surface area contributed by atoms with Gasteiger partial charge in [-0.1, -0.05) is 19.1 Å². The van der Waals surface area contributed by atoms with Crippen LogP contribution in [0, 0.1) is 22.7 Å². The second-order valence-electron chi connectivity index (χ2n) is 6.57. The van der Waals surface area contributed by atoms with E-state index in [1.54, 1.807) is 18.2 Å². The number of hydrogen-bond donors (Lipinski definition) is 1. The standard InChI is InChI=1S/C22H21N3O2S/c1-2-11-27-17-9-7-15(8-10-17)12-16(13-23)21(26)25-22-19(14-24)18-5-3-4-6-20(18)28-22/h7-10,12H,2-6,11H2,1H3,(H,25,26)/b16-12-. The molecule has 1 aliphatic rings. The molecule has 1 N–H and O–H groups in total. The number of nitrogens with zero attached hydrogens (tertiary/aromatic N) is 2. The van der Waals surface area contributed by atoms with E-state index < -0.39 is 5.91 Å². The number of ether oxygens (including phenoxy) is 1. The molecular weight excluding hydrogens is 370 g/mol. The molecule has 3 rings (SSSR count). The van der Waals surface area contributed by atoms with Crippen molar-refractivity contribution in [3.8, 4) is 17.9 Å². The Balaban J connectivity index is 1.77. The minimum Gasteiger partial charge on any atom is -0.494 e. The maximum Gasteiger partial charge on any atom is 0.266 e. The molecule has 0 atom stereocenters. The van der Waals surface area contributed by atoms with Crippen LogP contribution in [0.15, 0.2) is 29.8 Å². The Kier molecular flexibility index (Phi) is 6.47. The molecule has 1 heterocycles. The SMILES string of the molecule is CCCOc1ccc(/C=C(/C#N)C(=O)Nc2sc3c(c2C#N)CCCC3)cc1. The third kappa shape index (κ3) is 4.42. The molecule has 0 bridgehead atoms. The third-order valence-corrected chi connectivity index (χ3v) is 5.75. The lowest BCUT2D eigenvalue weighted by atomic mass is 9.96. The van der Waals surface area contributed by atoms with Gasteiger partial charge in [-0.05, 0) is 61.4 Å². The van der Waals surface area contributed by atoms with Crippen LogP contribution in [0.1, 0.15) is 47.8 Å². The molecular formula is C22H21N3O2S. The highest BCUT2D eigenvalue weighted by Gasteiger charge is 2.22. The smallest absolute Gasteiger partial charge is 0.266 e. The van der Waals surface area contributed by atoms with Gasteiger partial charge in [0, 0.05) is 4.88 Å². The van der Waals surface area contributed by atoms with Crippen LogP contribution < -0.4 is 10.1 Å². The molecule has 1 aliphatic carbocycles. The van der Waals surface area contributed by atoms with Gasteiger partial charge in [0.1, 0.15) is 28.5 Å². The number of fused-ring (bicyclic) bond motifs is 1. The fraction of sp³-hybridized carbons (Fsp3) is 0.318. The number of benzene rings is 1. The van der Waals surface area contributed by atoms with Crippen LogP contribution in [-0.2, 0) is 17.6 Å². The number of amides is 1. The zero-order valence-corrected chi connectivity index (χ0v) is 16.6. The molecule has 1 aromatic heterocycles. The van der Waals surface area contributed by atoms with Gasteiger partial charge in [-0.2, -0.15) is 10.5 Å². The Morgan fingerprint density at radius 3 is 2.68 bits per heavy atom. The summed E-state index contributed by atoms with van der Waals surface area (Å²) in [5, 5.41) is 22.3. The molecule has 1 aromatic carbocycles. The molecule has 0 saturated carbocycles. The first-order chi connectivity index (χ1) is 13.7. The molecule has 28 heavy (non-hydrogen) atoms. The van der Waals surface area contributed by atoms with E-state index >= 15 is 0 Å². The van der Waals surface area contributed by atoms with Crippen molar-refractivity contribution in [1.29, 1.82) is 10.5 Å². The van der Waals surface area contributed by atoms with Crippen molar-refractivity contribution in [2.24, 2.45) is 0 Å². The second-order valence-corrected chi connectivity index (χ2v) is 7.67. The van der Waals surface area contributed by atoms with Crippen molar-refractivity contribution in [1.82, 2.24) is 0 Å². The summed E-state index contributed by atoms with van der Waals surface area (Å²) in [5.74, 6) is 0.258. The first kappa shape index (κ1) is 19.7. The Bertz CT molecular complexity index is 975. The van der Waals surface area contributed by atoms with Gasteiger partial charge in [-0.3, -0.25) is 4.79 Å². The summed E-state index contributed by atoms with van der Waals surface area (Å²) in [7, 11) is 0.